The molecule has 0 bridgehead atoms. The van der Waals surface area contributed by atoms with Crippen LogP contribution in [0.4, 0.5) is 17.2 Å². The Hall–Kier alpha value is -5.37. The van der Waals surface area contributed by atoms with Gasteiger partial charge in [0.2, 0.25) is 10.0 Å². The number of H-pyrrole nitrogens is 1. The molecule has 0 radical (unpaired) electrons. The molecule has 14 heteroatoms. The lowest BCUT2D eigenvalue weighted by molar-refractivity contribution is 0.0827. The Morgan fingerprint density at radius 2 is 1.84 bits per heavy atom. The van der Waals surface area contributed by atoms with Gasteiger partial charge in [-0.1, -0.05) is 18.2 Å². The largest absolute Gasteiger partial charge is 0.363 e. The first-order valence-corrected chi connectivity index (χ1v) is 16.1. The van der Waals surface area contributed by atoms with E-state index in [2.05, 4.69) is 30.4 Å². The molecule has 13 nitrogen and oxygen atoms in total. The lowest BCUT2D eigenvalue weighted by Gasteiger charge is -2.41. The zero-order chi connectivity index (χ0) is 32.0. The van der Waals surface area contributed by atoms with Crippen LogP contribution in [0, 0.1) is 6.92 Å². The van der Waals surface area contributed by atoms with E-state index in [4.69, 9.17) is 0 Å². The van der Waals surface area contributed by atoms with Crippen LogP contribution in [0.5, 0.6) is 0 Å². The molecule has 2 atom stereocenters. The number of aromatic amines is 1. The number of fused-ring (bicyclic) bond motifs is 2. The van der Waals surface area contributed by atoms with Crippen LogP contribution < -0.4 is 20.4 Å². The number of hydrogen-bond acceptors (Lipinski definition) is 8. The van der Waals surface area contributed by atoms with Crippen molar-refractivity contribution < 1.29 is 18.0 Å². The van der Waals surface area contributed by atoms with Crippen molar-refractivity contribution in [3.05, 3.63) is 90.1 Å². The maximum Gasteiger partial charge on any atom is 0.278 e. The first kappa shape index (κ1) is 29.7. The molecule has 0 saturated heterocycles. The van der Waals surface area contributed by atoms with E-state index in [1.807, 2.05) is 56.4 Å². The summed E-state index contributed by atoms with van der Waals surface area (Å²) in [7, 11) is -0.363. The van der Waals surface area contributed by atoms with Gasteiger partial charge in [0.1, 0.15) is 29.7 Å². The minimum Gasteiger partial charge on any atom is -0.363 e. The molecule has 6 rings (SSSR count). The minimum absolute atomic E-state index is 0.135. The van der Waals surface area contributed by atoms with Gasteiger partial charge < -0.3 is 20.6 Å². The fourth-order valence-corrected chi connectivity index (χ4v) is 6.13. The first-order valence-electron chi connectivity index (χ1n) is 14.2. The van der Waals surface area contributed by atoms with E-state index in [-0.39, 0.29) is 23.5 Å². The number of amides is 2. The minimum atomic E-state index is -3.62. The maximum atomic E-state index is 13.9. The monoisotopic (exact) mass is 627 g/mol. The van der Waals surface area contributed by atoms with Crippen molar-refractivity contribution in [2.45, 2.75) is 26.1 Å². The van der Waals surface area contributed by atoms with Crippen LogP contribution in [0.3, 0.4) is 0 Å². The summed E-state index contributed by atoms with van der Waals surface area (Å²) in [6.45, 7) is 3.85. The zero-order valence-corrected chi connectivity index (χ0v) is 26.2. The van der Waals surface area contributed by atoms with Gasteiger partial charge in [0.15, 0.2) is 0 Å². The van der Waals surface area contributed by atoms with E-state index in [0.717, 1.165) is 17.5 Å². The first-order chi connectivity index (χ1) is 21.4. The normalized spacial score (nSPS) is 15.4. The summed E-state index contributed by atoms with van der Waals surface area (Å²) in [6.07, 6.45) is 5.55. The predicted octanol–water partition coefficient (Wildman–Crippen LogP) is 3.84. The Morgan fingerprint density at radius 3 is 2.56 bits per heavy atom. The highest BCUT2D eigenvalue weighted by Gasteiger charge is 2.37. The highest BCUT2D eigenvalue weighted by atomic mass is 32.2. The summed E-state index contributed by atoms with van der Waals surface area (Å²) in [5.41, 5.74) is 7.95. The third-order valence-corrected chi connectivity index (χ3v) is 8.21. The molecule has 1 aliphatic rings. The van der Waals surface area contributed by atoms with Crippen LogP contribution in [-0.4, -0.2) is 77.3 Å². The van der Waals surface area contributed by atoms with Crippen molar-refractivity contribution in [2.75, 3.05) is 40.7 Å². The number of benzene rings is 2. The molecular formula is C31H33N9O4S. The second-order valence-corrected chi connectivity index (χ2v) is 13.0. The van der Waals surface area contributed by atoms with Crippen molar-refractivity contribution in [3.8, 4) is 11.1 Å². The molecule has 0 aliphatic carbocycles. The number of anilines is 3. The lowest BCUT2D eigenvalue weighted by Crippen LogP contribution is -2.59. The molecule has 4 N–H and O–H groups in total. The quantitative estimate of drug-likeness (QED) is 0.202. The number of carbonyl (C=O) groups is 2. The van der Waals surface area contributed by atoms with Crippen molar-refractivity contribution in [1.82, 2.24) is 24.5 Å². The molecule has 4 heterocycles. The average molecular weight is 628 g/mol. The van der Waals surface area contributed by atoms with E-state index < -0.39 is 16.2 Å². The molecular weight excluding hydrogens is 594 g/mol. The van der Waals surface area contributed by atoms with Crippen molar-refractivity contribution in [3.63, 3.8) is 0 Å². The van der Waals surface area contributed by atoms with Gasteiger partial charge in [-0.05, 0) is 61.4 Å². The topological polar surface area (TPSA) is 157 Å². The van der Waals surface area contributed by atoms with Gasteiger partial charge >= 0.3 is 0 Å². The molecule has 0 saturated carbocycles. The molecule has 3 aromatic heterocycles. The van der Waals surface area contributed by atoms with Crippen LogP contribution in [-0.2, 0) is 10.0 Å². The fourth-order valence-electron chi connectivity index (χ4n) is 5.58. The molecule has 1 aliphatic heterocycles. The van der Waals surface area contributed by atoms with Crippen molar-refractivity contribution in [1.29, 1.82) is 0 Å². The molecule has 1 unspecified atom stereocenters. The fraction of sp³-hybridized carbons (Fsp3) is 0.226. The van der Waals surface area contributed by atoms with Gasteiger partial charge in [0.05, 0.1) is 17.7 Å². The lowest BCUT2D eigenvalue weighted by atomic mass is 10.0. The third-order valence-electron chi connectivity index (χ3n) is 7.60. The average Bonchev–Trinajstić information content (AvgIpc) is 3.60. The van der Waals surface area contributed by atoms with Crippen LogP contribution in [0.25, 0.3) is 22.2 Å². The Kier molecular flexibility index (Phi) is 7.44. The van der Waals surface area contributed by atoms with Crippen molar-refractivity contribution in [2.24, 2.45) is 0 Å². The second-order valence-electron chi connectivity index (χ2n) is 11.3. The number of sulfonamides is 1. The molecule has 2 aromatic carbocycles. The van der Waals surface area contributed by atoms with Gasteiger partial charge in [-0.3, -0.25) is 23.9 Å². The summed E-state index contributed by atoms with van der Waals surface area (Å²) >= 11 is 0. The Bertz CT molecular complexity index is 2040. The summed E-state index contributed by atoms with van der Waals surface area (Å²) in [5.74, 6) is 0.0668. The van der Waals surface area contributed by atoms with Crippen LogP contribution in [0.2, 0.25) is 0 Å². The van der Waals surface area contributed by atoms with Gasteiger partial charge in [-0.25, -0.2) is 18.4 Å². The van der Waals surface area contributed by atoms with Gasteiger partial charge in [-0.2, -0.15) is 0 Å². The number of nitrogens with one attached hydrogen (secondary N) is 4. The van der Waals surface area contributed by atoms with Crippen LogP contribution >= 0.6 is 0 Å². The number of nitrogens with zero attached hydrogens (tertiary/aromatic N) is 5. The molecule has 0 spiro atoms. The number of aromatic nitrogens is 4. The van der Waals surface area contributed by atoms with E-state index >= 15 is 0 Å². The Morgan fingerprint density at radius 1 is 1.09 bits per heavy atom. The van der Waals surface area contributed by atoms with Crippen molar-refractivity contribution >= 4 is 50.1 Å². The second kappa shape index (κ2) is 11.3. The van der Waals surface area contributed by atoms with Gasteiger partial charge in [-0.15, -0.1) is 0 Å². The Labute approximate surface area is 260 Å². The smallest absolute Gasteiger partial charge is 0.278 e. The molecule has 232 valence electrons. The van der Waals surface area contributed by atoms with E-state index in [9.17, 15) is 18.0 Å². The summed E-state index contributed by atoms with van der Waals surface area (Å²) in [4.78, 5) is 42.1. The highest BCUT2D eigenvalue weighted by Crippen LogP contribution is 2.35. The number of rotatable bonds is 8. The van der Waals surface area contributed by atoms with Crippen LogP contribution in [0.15, 0.2) is 73.3 Å². The predicted molar refractivity (Wildman–Crippen MR) is 174 cm³/mol. The number of hydrogen-bond donors (Lipinski definition) is 4. The number of carbonyl (C=O) groups excluding carboxylic acids is 2. The molecule has 45 heavy (non-hydrogen) atoms. The van der Waals surface area contributed by atoms with E-state index in [1.54, 1.807) is 42.0 Å². The molecule has 5 aromatic rings. The molecule has 0 fully saturated rings. The van der Waals surface area contributed by atoms with E-state index in [1.165, 1.54) is 17.3 Å². The summed E-state index contributed by atoms with van der Waals surface area (Å²) < 4.78 is 28.4. The summed E-state index contributed by atoms with van der Waals surface area (Å²) in [6, 6.07) is 15.8. The molecule has 2 amide bonds. The maximum absolute atomic E-state index is 13.9. The van der Waals surface area contributed by atoms with Gasteiger partial charge in [0.25, 0.3) is 11.8 Å². The zero-order valence-electron chi connectivity index (χ0n) is 25.4. The highest BCUT2D eigenvalue weighted by molar-refractivity contribution is 7.92. The van der Waals surface area contributed by atoms with Crippen LogP contribution in [0.1, 0.15) is 33.3 Å². The third kappa shape index (κ3) is 5.67. The van der Waals surface area contributed by atoms with Gasteiger partial charge in [0, 0.05) is 49.0 Å². The summed E-state index contributed by atoms with van der Waals surface area (Å²) in [5, 5.41) is 4.12. The number of para-hydroxylation sites is 1. The standard InChI is InChI=1S/C31H33N9O4S/c1-18-11-12-39-26(18)31(42)40(23-9-7-6-8-10-23)29(36-39)19(2)35-28-25-24(16-32-27(25)33-17-34-28)20-13-21(30(41)38(3)4)15-22(14-20)37-45(5,43)44/h6-17,19,29,36-37H,1-5H3,(H2,32,33,34,35)/t19-,29?/m0/s1. The Balaban J connectivity index is 1.42. The number of aryl methyl sites for hydroxylation is 1. The van der Waals surface area contributed by atoms with E-state index in [0.29, 0.717) is 39.2 Å². The SMILES string of the molecule is Cc1ccn2c1C(=O)N(c1ccccc1)C([C@H](C)Nc1ncnc3[nH]cc(-c4cc(NS(C)(=O)=O)cc(C(=O)N(C)C)c4)c13)N2.